The first kappa shape index (κ1) is 13.6. The van der Waals surface area contributed by atoms with Gasteiger partial charge in [0.15, 0.2) is 0 Å². The van der Waals surface area contributed by atoms with E-state index in [-0.39, 0.29) is 6.04 Å². The summed E-state index contributed by atoms with van der Waals surface area (Å²) in [5, 5.41) is 6.65. The summed E-state index contributed by atoms with van der Waals surface area (Å²) in [6.07, 6.45) is 4.48. The quantitative estimate of drug-likeness (QED) is 0.935. The number of rotatable bonds is 4. The van der Waals surface area contributed by atoms with Gasteiger partial charge in [0.25, 0.3) is 0 Å². The Kier molecular flexibility index (Phi) is 3.83. The van der Waals surface area contributed by atoms with Crippen molar-refractivity contribution in [1.29, 1.82) is 0 Å². The van der Waals surface area contributed by atoms with Gasteiger partial charge in [-0.1, -0.05) is 12.1 Å². The number of hydrogen-bond acceptors (Lipinski definition) is 5. The Morgan fingerprint density at radius 3 is 2.95 bits per heavy atom. The first-order chi connectivity index (χ1) is 10.3. The largest absolute Gasteiger partial charge is 0.497 e. The Balaban J connectivity index is 1.97. The Morgan fingerprint density at radius 2 is 2.24 bits per heavy atom. The summed E-state index contributed by atoms with van der Waals surface area (Å²) in [6, 6.07) is 12.0. The highest BCUT2D eigenvalue weighted by Crippen LogP contribution is 2.35. The molecule has 1 aliphatic rings. The lowest BCUT2D eigenvalue weighted by molar-refractivity contribution is 0.414. The van der Waals surface area contributed by atoms with Crippen molar-refractivity contribution in [3.05, 3.63) is 54.4 Å². The number of nitrogens with zero attached hydrogens (tertiary/aromatic N) is 3. The van der Waals surface area contributed by atoms with Crippen molar-refractivity contribution >= 4 is 11.4 Å². The zero-order chi connectivity index (χ0) is 14.7. The third kappa shape index (κ3) is 2.73. The van der Waals surface area contributed by atoms with Gasteiger partial charge < -0.3 is 10.5 Å². The highest BCUT2D eigenvalue weighted by Gasteiger charge is 2.28. The molecule has 1 aliphatic heterocycles. The van der Waals surface area contributed by atoms with Crippen LogP contribution in [0.25, 0.3) is 0 Å². The van der Waals surface area contributed by atoms with E-state index in [4.69, 9.17) is 10.5 Å². The van der Waals surface area contributed by atoms with Gasteiger partial charge in [0, 0.05) is 31.4 Å². The molecule has 0 saturated carbocycles. The summed E-state index contributed by atoms with van der Waals surface area (Å²) >= 11 is 0. The molecule has 2 N–H and O–H groups in total. The van der Waals surface area contributed by atoms with Crippen molar-refractivity contribution in [1.82, 2.24) is 4.98 Å². The first-order valence-electron chi connectivity index (χ1n) is 6.91. The summed E-state index contributed by atoms with van der Waals surface area (Å²) in [5.74, 6) is 0.814. The third-order valence-electron chi connectivity index (χ3n) is 3.60. The summed E-state index contributed by atoms with van der Waals surface area (Å²) in [5.41, 5.74) is 8.89. The summed E-state index contributed by atoms with van der Waals surface area (Å²) in [4.78, 5) is 4.21. The molecule has 0 aliphatic carbocycles. The van der Waals surface area contributed by atoms with Gasteiger partial charge in [-0.25, -0.2) is 0 Å². The van der Waals surface area contributed by atoms with E-state index in [0.29, 0.717) is 6.54 Å². The van der Waals surface area contributed by atoms with Crippen LogP contribution in [0.1, 0.15) is 18.0 Å². The lowest BCUT2D eigenvalue weighted by Gasteiger charge is -2.24. The zero-order valence-electron chi connectivity index (χ0n) is 11.9. The number of pyridine rings is 1. The minimum Gasteiger partial charge on any atom is -0.497 e. The van der Waals surface area contributed by atoms with E-state index in [1.807, 2.05) is 41.5 Å². The molecule has 0 saturated heterocycles. The third-order valence-corrected chi connectivity index (χ3v) is 3.60. The van der Waals surface area contributed by atoms with Gasteiger partial charge >= 0.3 is 0 Å². The van der Waals surface area contributed by atoms with Gasteiger partial charge in [-0.15, -0.1) is 0 Å². The van der Waals surface area contributed by atoms with E-state index in [9.17, 15) is 0 Å². The number of benzene rings is 1. The van der Waals surface area contributed by atoms with Gasteiger partial charge in [-0.3, -0.25) is 9.99 Å². The number of hydrogen-bond donors (Lipinski definition) is 1. The Labute approximate surface area is 124 Å². The molecule has 2 aromatic rings. The van der Waals surface area contributed by atoms with E-state index >= 15 is 0 Å². The van der Waals surface area contributed by atoms with Crippen molar-refractivity contribution in [3.8, 4) is 5.75 Å². The molecule has 108 valence electrons. The molecule has 0 bridgehead atoms. The molecule has 5 heteroatoms. The van der Waals surface area contributed by atoms with Crippen LogP contribution in [0.2, 0.25) is 0 Å². The molecule has 3 rings (SSSR count). The Bertz CT molecular complexity index is 642. The lowest BCUT2D eigenvalue weighted by atomic mass is 10.0. The Hall–Kier alpha value is -2.40. The average Bonchev–Trinajstić information content (AvgIpc) is 3.00. The first-order valence-corrected chi connectivity index (χ1v) is 6.91. The maximum absolute atomic E-state index is 5.77. The molecular weight excluding hydrogens is 264 g/mol. The highest BCUT2D eigenvalue weighted by atomic mass is 16.5. The summed E-state index contributed by atoms with van der Waals surface area (Å²) in [6.45, 7) is 0.469. The zero-order valence-corrected chi connectivity index (χ0v) is 11.9. The van der Waals surface area contributed by atoms with Crippen LogP contribution < -0.4 is 15.5 Å². The molecule has 1 atom stereocenters. The van der Waals surface area contributed by atoms with Crippen LogP contribution in [0, 0.1) is 0 Å². The number of aromatic nitrogens is 1. The second-order valence-corrected chi connectivity index (χ2v) is 4.92. The highest BCUT2D eigenvalue weighted by molar-refractivity contribution is 5.90. The van der Waals surface area contributed by atoms with Crippen LogP contribution in [-0.2, 0) is 0 Å². The number of ether oxygens (including phenoxy) is 1. The summed E-state index contributed by atoms with van der Waals surface area (Å²) in [7, 11) is 1.66. The van der Waals surface area contributed by atoms with E-state index < -0.39 is 0 Å². The fraction of sp³-hybridized carbons (Fsp3) is 0.250. The predicted octanol–water partition coefficient (Wildman–Crippen LogP) is 2.36. The average molecular weight is 282 g/mol. The molecule has 5 nitrogen and oxygen atoms in total. The van der Waals surface area contributed by atoms with E-state index in [0.717, 1.165) is 29.1 Å². The minimum atomic E-state index is 0.129. The SMILES string of the molecule is COc1cccc(N2N=C(CN)CC2c2cccnc2)c1. The fourth-order valence-electron chi connectivity index (χ4n) is 2.52. The van der Waals surface area contributed by atoms with E-state index in [2.05, 4.69) is 16.2 Å². The van der Waals surface area contributed by atoms with Crippen LogP contribution in [0.4, 0.5) is 5.69 Å². The topological polar surface area (TPSA) is 63.7 Å². The molecule has 1 unspecified atom stereocenters. The number of nitrogens with two attached hydrogens (primary N) is 1. The maximum atomic E-state index is 5.77. The monoisotopic (exact) mass is 282 g/mol. The molecule has 0 radical (unpaired) electrons. The van der Waals surface area contributed by atoms with Gasteiger partial charge in [-0.05, 0) is 23.8 Å². The standard InChI is InChI=1S/C16H18N4O/c1-21-15-6-2-5-14(9-15)20-16(8-13(10-17)19-20)12-4-3-7-18-11-12/h2-7,9,11,16H,8,10,17H2,1H3. The smallest absolute Gasteiger partial charge is 0.120 e. The van der Waals surface area contributed by atoms with Crippen molar-refractivity contribution in [2.45, 2.75) is 12.5 Å². The van der Waals surface area contributed by atoms with Gasteiger partial charge in [0.2, 0.25) is 0 Å². The number of anilines is 1. The van der Waals surface area contributed by atoms with Crippen LogP contribution in [0.5, 0.6) is 5.75 Å². The number of hydrazone groups is 1. The molecule has 1 aromatic heterocycles. The molecule has 21 heavy (non-hydrogen) atoms. The van der Waals surface area contributed by atoms with Gasteiger partial charge in [0.05, 0.1) is 24.6 Å². The fourth-order valence-corrected chi connectivity index (χ4v) is 2.52. The second kappa shape index (κ2) is 5.93. The molecule has 0 fully saturated rings. The molecular formula is C16H18N4O. The molecule has 0 spiro atoms. The van der Waals surface area contributed by atoms with Gasteiger partial charge in [0.1, 0.15) is 5.75 Å². The minimum absolute atomic E-state index is 0.129. The van der Waals surface area contributed by atoms with Crippen LogP contribution in [-0.4, -0.2) is 24.4 Å². The Morgan fingerprint density at radius 1 is 1.33 bits per heavy atom. The van der Waals surface area contributed by atoms with Crippen LogP contribution in [0.15, 0.2) is 53.9 Å². The van der Waals surface area contributed by atoms with Crippen molar-refractivity contribution in [2.24, 2.45) is 10.8 Å². The predicted molar refractivity (Wildman–Crippen MR) is 83.6 cm³/mol. The summed E-state index contributed by atoms with van der Waals surface area (Å²) < 4.78 is 5.30. The number of methoxy groups -OCH3 is 1. The van der Waals surface area contributed by atoms with Crippen molar-refractivity contribution < 1.29 is 4.74 Å². The van der Waals surface area contributed by atoms with E-state index in [1.165, 1.54) is 0 Å². The molecule has 1 aromatic carbocycles. The van der Waals surface area contributed by atoms with Crippen LogP contribution >= 0.6 is 0 Å². The second-order valence-electron chi connectivity index (χ2n) is 4.92. The maximum Gasteiger partial charge on any atom is 0.120 e. The van der Waals surface area contributed by atoms with E-state index in [1.54, 1.807) is 13.3 Å². The van der Waals surface area contributed by atoms with Crippen molar-refractivity contribution in [3.63, 3.8) is 0 Å². The molecule has 2 heterocycles. The van der Waals surface area contributed by atoms with Gasteiger partial charge in [-0.2, -0.15) is 5.10 Å². The lowest BCUT2D eigenvalue weighted by Crippen LogP contribution is -2.18. The molecule has 0 amide bonds. The van der Waals surface area contributed by atoms with Crippen LogP contribution in [0.3, 0.4) is 0 Å². The normalized spacial score (nSPS) is 17.7. The van der Waals surface area contributed by atoms with Crippen molar-refractivity contribution in [2.75, 3.05) is 18.7 Å².